The van der Waals surface area contributed by atoms with Crippen LogP contribution in [0.1, 0.15) is 17.4 Å². The van der Waals surface area contributed by atoms with Crippen molar-refractivity contribution in [3.05, 3.63) is 33.8 Å². The highest BCUT2D eigenvalue weighted by atomic mass is 35.5. The number of carboxylic acids is 1. The van der Waals surface area contributed by atoms with Crippen LogP contribution in [-0.4, -0.2) is 11.1 Å². The monoisotopic (exact) mass is 252 g/mol. The Morgan fingerprint density at radius 2 is 2.07 bits per heavy atom. The van der Waals surface area contributed by atoms with Gasteiger partial charge in [-0.25, -0.2) is 0 Å². The first-order chi connectivity index (χ1) is 6.52. The maximum absolute atomic E-state index is 10.4. The number of carboxylic acid groups (broad SMARTS) is 1. The van der Waals surface area contributed by atoms with Crippen LogP contribution in [-0.2, 0) is 4.79 Å². The van der Waals surface area contributed by atoms with Crippen LogP contribution in [0.4, 0.5) is 0 Å². The molecule has 14 heavy (non-hydrogen) atoms. The van der Waals surface area contributed by atoms with Crippen molar-refractivity contribution in [1.82, 2.24) is 0 Å². The Morgan fingerprint density at radius 1 is 1.43 bits per heavy atom. The third kappa shape index (κ3) is 2.77. The van der Waals surface area contributed by atoms with Gasteiger partial charge in [-0.2, -0.15) is 0 Å². The molecule has 1 atom stereocenters. The first kappa shape index (κ1) is 11.6. The van der Waals surface area contributed by atoms with E-state index in [-0.39, 0.29) is 6.42 Å². The zero-order valence-electron chi connectivity index (χ0n) is 7.01. The lowest BCUT2D eigenvalue weighted by atomic mass is 10.1. The third-order valence-corrected chi connectivity index (χ3v) is 2.90. The Hall–Kier alpha value is -0.440. The lowest BCUT2D eigenvalue weighted by Gasteiger charge is -2.09. The number of halogens is 3. The lowest BCUT2D eigenvalue weighted by Crippen LogP contribution is -2.01. The van der Waals surface area contributed by atoms with Gasteiger partial charge in [0.05, 0.1) is 21.8 Å². The Morgan fingerprint density at radius 3 is 2.64 bits per heavy atom. The average molecular weight is 254 g/mol. The van der Waals surface area contributed by atoms with Crippen molar-refractivity contribution >= 4 is 40.8 Å². The predicted molar refractivity (Wildman–Crippen MR) is 57.3 cm³/mol. The van der Waals surface area contributed by atoms with Crippen LogP contribution < -0.4 is 0 Å². The van der Waals surface area contributed by atoms with Gasteiger partial charge >= 0.3 is 5.97 Å². The topological polar surface area (TPSA) is 37.3 Å². The molecule has 0 aromatic heterocycles. The van der Waals surface area contributed by atoms with Crippen LogP contribution in [0.3, 0.4) is 0 Å². The van der Waals surface area contributed by atoms with Crippen molar-refractivity contribution in [3.8, 4) is 0 Å². The largest absolute Gasteiger partial charge is 0.481 e. The fourth-order valence-electron chi connectivity index (χ4n) is 1.03. The van der Waals surface area contributed by atoms with E-state index < -0.39 is 11.3 Å². The highest BCUT2D eigenvalue weighted by molar-refractivity contribution is 6.43. The summed E-state index contributed by atoms with van der Waals surface area (Å²) in [5, 5.41) is 8.58. The van der Waals surface area contributed by atoms with Crippen LogP contribution in [0.15, 0.2) is 18.2 Å². The molecule has 0 aliphatic rings. The second-order valence-corrected chi connectivity index (χ2v) is 4.02. The van der Waals surface area contributed by atoms with Gasteiger partial charge in [-0.15, -0.1) is 11.6 Å². The summed E-state index contributed by atoms with van der Waals surface area (Å²) >= 11 is 17.5. The molecule has 76 valence electrons. The second kappa shape index (κ2) is 4.87. The molecule has 1 unspecified atom stereocenters. The molecular formula is C9H7Cl3O2. The minimum atomic E-state index is -0.971. The maximum atomic E-state index is 10.4. The molecule has 0 amide bonds. The van der Waals surface area contributed by atoms with Gasteiger partial charge in [0.1, 0.15) is 0 Å². The molecule has 0 heterocycles. The first-order valence-electron chi connectivity index (χ1n) is 3.82. The van der Waals surface area contributed by atoms with E-state index in [1.165, 1.54) is 0 Å². The molecule has 5 heteroatoms. The Balaban J connectivity index is 2.95. The van der Waals surface area contributed by atoms with Crippen LogP contribution in [0.25, 0.3) is 0 Å². The average Bonchev–Trinajstić information content (AvgIpc) is 2.08. The van der Waals surface area contributed by atoms with Crippen molar-refractivity contribution < 1.29 is 9.90 Å². The molecule has 0 radical (unpaired) electrons. The third-order valence-electron chi connectivity index (χ3n) is 1.67. The predicted octanol–water partition coefficient (Wildman–Crippen LogP) is 3.75. The van der Waals surface area contributed by atoms with E-state index in [0.29, 0.717) is 15.6 Å². The zero-order chi connectivity index (χ0) is 10.7. The summed E-state index contributed by atoms with van der Waals surface area (Å²) in [6.45, 7) is 0. The number of aliphatic carboxylic acids is 1. The number of hydrogen-bond acceptors (Lipinski definition) is 1. The van der Waals surface area contributed by atoms with Crippen LogP contribution in [0, 0.1) is 0 Å². The Bertz CT molecular complexity index is 352. The molecule has 2 nitrogen and oxygen atoms in total. The number of benzene rings is 1. The fraction of sp³-hybridized carbons (Fsp3) is 0.222. The SMILES string of the molecule is O=C(O)CC(Cl)c1cccc(Cl)c1Cl. The zero-order valence-corrected chi connectivity index (χ0v) is 9.27. The van der Waals surface area contributed by atoms with Gasteiger partial charge in [-0.05, 0) is 11.6 Å². The Labute approximate surface area is 96.4 Å². The number of carbonyl (C=O) groups is 1. The summed E-state index contributed by atoms with van der Waals surface area (Å²) in [5.74, 6) is -0.971. The highest BCUT2D eigenvalue weighted by Gasteiger charge is 2.16. The first-order valence-corrected chi connectivity index (χ1v) is 5.01. The van der Waals surface area contributed by atoms with Crippen LogP contribution in [0.5, 0.6) is 0 Å². The standard InChI is InChI=1S/C9H7Cl3O2/c10-6-3-1-2-5(9(6)12)7(11)4-8(13)14/h1-3,7H,4H2,(H,13,14). The molecule has 0 saturated carbocycles. The molecule has 0 aliphatic carbocycles. The molecule has 1 N–H and O–H groups in total. The molecule has 0 aliphatic heterocycles. The van der Waals surface area contributed by atoms with E-state index in [4.69, 9.17) is 39.9 Å². The molecule has 0 spiro atoms. The van der Waals surface area contributed by atoms with Crippen molar-refractivity contribution in [1.29, 1.82) is 0 Å². The van der Waals surface area contributed by atoms with Gasteiger partial charge in [-0.3, -0.25) is 4.79 Å². The highest BCUT2D eigenvalue weighted by Crippen LogP contribution is 2.34. The summed E-state index contributed by atoms with van der Waals surface area (Å²) in [5.41, 5.74) is 0.545. The summed E-state index contributed by atoms with van der Waals surface area (Å²) in [4.78, 5) is 10.4. The van der Waals surface area contributed by atoms with Crippen LogP contribution >= 0.6 is 34.8 Å². The quantitative estimate of drug-likeness (QED) is 0.833. The molecule has 1 aromatic carbocycles. The minimum absolute atomic E-state index is 0.179. The van der Waals surface area contributed by atoms with E-state index >= 15 is 0 Å². The number of alkyl halides is 1. The lowest BCUT2D eigenvalue weighted by molar-refractivity contribution is -0.137. The van der Waals surface area contributed by atoms with E-state index in [1.807, 2.05) is 0 Å². The molecule has 0 fully saturated rings. The molecule has 0 bridgehead atoms. The van der Waals surface area contributed by atoms with Gasteiger partial charge < -0.3 is 5.11 Å². The molecule has 0 saturated heterocycles. The number of rotatable bonds is 3. The van der Waals surface area contributed by atoms with Crippen molar-refractivity contribution in [3.63, 3.8) is 0 Å². The van der Waals surface area contributed by atoms with E-state index in [2.05, 4.69) is 0 Å². The van der Waals surface area contributed by atoms with Crippen molar-refractivity contribution in [2.75, 3.05) is 0 Å². The summed E-state index contributed by atoms with van der Waals surface area (Å²) < 4.78 is 0. The van der Waals surface area contributed by atoms with Gasteiger partial charge in [0.25, 0.3) is 0 Å². The summed E-state index contributed by atoms with van der Waals surface area (Å²) in [6, 6.07) is 4.97. The molecule has 1 rings (SSSR count). The van der Waals surface area contributed by atoms with Crippen molar-refractivity contribution in [2.24, 2.45) is 0 Å². The van der Waals surface area contributed by atoms with Gasteiger partial charge in [-0.1, -0.05) is 35.3 Å². The Kier molecular flexibility index (Phi) is 4.05. The summed E-state index contributed by atoms with van der Waals surface area (Å²) in [7, 11) is 0. The van der Waals surface area contributed by atoms with Gasteiger partial charge in [0, 0.05) is 0 Å². The van der Waals surface area contributed by atoms with Gasteiger partial charge in [0.15, 0.2) is 0 Å². The van der Waals surface area contributed by atoms with Crippen LogP contribution in [0.2, 0.25) is 10.0 Å². The van der Waals surface area contributed by atoms with E-state index in [0.717, 1.165) is 0 Å². The second-order valence-electron chi connectivity index (χ2n) is 2.71. The molecule has 1 aromatic rings. The smallest absolute Gasteiger partial charge is 0.305 e. The van der Waals surface area contributed by atoms with E-state index in [9.17, 15) is 4.79 Å². The fourth-order valence-corrected chi connectivity index (χ4v) is 1.83. The maximum Gasteiger partial charge on any atom is 0.305 e. The minimum Gasteiger partial charge on any atom is -0.481 e. The number of hydrogen-bond donors (Lipinski definition) is 1. The van der Waals surface area contributed by atoms with Gasteiger partial charge in [0.2, 0.25) is 0 Å². The van der Waals surface area contributed by atoms with E-state index in [1.54, 1.807) is 18.2 Å². The summed E-state index contributed by atoms with van der Waals surface area (Å²) in [6.07, 6.45) is -0.179. The normalized spacial score (nSPS) is 12.5. The van der Waals surface area contributed by atoms with Crippen molar-refractivity contribution in [2.45, 2.75) is 11.8 Å². The molecular weight excluding hydrogens is 246 g/mol.